The minimum atomic E-state index is -0.708. The van der Waals surface area contributed by atoms with E-state index in [1.54, 1.807) is 0 Å². The fourth-order valence-corrected chi connectivity index (χ4v) is 2.57. The first kappa shape index (κ1) is 15.4. The van der Waals surface area contributed by atoms with E-state index in [4.69, 9.17) is 4.74 Å². The Kier molecular flexibility index (Phi) is 5.54. The maximum atomic E-state index is 10.5. The zero-order valence-corrected chi connectivity index (χ0v) is 12.6. The van der Waals surface area contributed by atoms with Gasteiger partial charge in [-0.05, 0) is 25.0 Å². The van der Waals surface area contributed by atoms with E-state index in [0.717, 1.165) is 32.8 Å². The summed E-state index contributed by atoms with van der Waals surface area (Å²) < 4.78 is 5.33. The lowest BCUT2D eigenvalue weighted by Crippen LogP contribution is -2.50. The third-order valence-corrected chi connectivity index (χ3v) is 3.75. The van der Waals surface area contributed by atoms with E-state index in [2.05, 4.69) is 35.3 Å². The molecular formula is C16H26N2O2. The zero-order chi connectivity index (χ0) is 14.4. The first-order valence-corrected chi connectivity index (χ1v) is 7.34. The number of nitrogens with zero attached hydrogens (tertiary/aromatic N) is 1. The number of hydrogen-bond acceptors (Lipinski definition) is 4. The number of rotatable bonds is 6. The van der Waals surface area contributed by atoms with Crippen molar-refractivity contribution >= 4 is 0 Å². The summed E-state index contributed by atoms with van der Waals surface area (Å²) in [5, 5.41) is 13.8. The van der Waals surface area contributed by atoms with Crippen molar-refractivity contribution in [3.8, 4) is 0 Å². The molecular weight excluding hydrogens is 252 g/mol. The second-order valence-corrected chi connectivity index (χ2v) is 5.92. The molecule has 1 saturated heterocycles. The lowest BCUT2D eigenvalue weighted by molar-refractivity contribution is -0.0219. The van der Waals surface area contributed by atoms with Crippen molar-refractivity contribution < 1.29 is 9.84 Å². The summed E-state index contributed by atoms with van der Waals surface area (Å²) in [6.07, 6.45) is 0. The van der Waals surface area contributed by atoms with E-state index in [1.165, 1.54) is 11.1 Å². The molecule has 2 rings (SSSR count). The van der Waals surface area contributed by atoms with Crippen molar-refractivity contribution in [3.05, 3.63) is 35.4 Å². The molecule has 1 heterocycles. The number of hydrogen-bond donors (Lipinski definition) is 2. The van der Waals surface area contributed by atoms with Crippen LogP contribution in [0.4, 0.5) is 0 Å². The van der Waals surface area contributed by atoms with Crippen LogP contribution in [0, 0.1) is 6.92 Å². The van der Waals surface area contributed by atoms with Gasteiger partial charge in [0, 0.05) is 32.7 Å². The average Bonchev–Trinajstić information content (AvgIpc) is 2.41. The number of nitrogens with one attached hydrogen (secondary N) is 1. The van der Waals surface area contributed by atoms with Gasteiger partial charge in [-0.1, -0.05) is 24.3 Å². The number of aliphatic hydroxyl groups is 1. The van der Waals surface area contributed by atoms with Gasteiger partial charge in [-0.15, -0.1) is 0 Å². The summed E-state index contributed by atoms with van der Waals surface area (Å²) in [6, 6.07) is 8.34. The molecule has 0 spiro atoms. The SMILES string of the molecule is Cc1ccccc1CNCC(C)(O)CN1CCOCC1. The predicted octanol–water partition coefficient (Wildman–Crippen LogP) is 1.17. The molecule has 0 bridgehead atoms. The molecule has 1 unspecified atom stereocenters. The third-order valence-electron chi connectivity index (χ3n) is 3.75. The summed E-state index contributed by atoms with van der Waals surface area (Å²) in [5.41, 5.74) is 1.86. The Labute approximate surface area is 121 Å². The van der Waals surface area contributed by atoms with Crippen molar-refractivity contribution in [2.75, 3.05) is 39.4 Å². The highest BCUT2D eigenvalue weighted by molar-refractivity contribution is 5.25. The fourth-order valence-electron chi connectivity index (χ4n) is 2.57. The standard InChI is InChI=1S/C16H26N2O2/c1-14-5-3-4-6-15(14)11-17-12-16(2,19)13-18-7-9-20-10-8-18/h3-6,17,19H,7-13H2,1-2H3. The highest BCUT2D eigenvalue weighted by Crippen LogP contribution is 2.09. The molecule has 1 aromatic rings. The summed E-state index contributed by atoms with van der Waals surface area (Å²) in [7, 11) is 0. The summed E-state index contributed by atoms with van der Waals surface area (Å²) in [4.78, 5) is 2.26. The molecule has 4 heteroatoms. The van der Waals surface area contributed by atoms with Gasteiger partial charge in [-0.3, -0.25) is 4.90 Å². The predicted molar refractivity (Wildman–Crippen MR) is 80.8 cm³/mol. The Hall–Kier alpha value is -0.940. The van der Waals surface area contributed by atoms with E-state index in [9.17, 15) is 5.11 Å². The number of morpholine rings is 1. The van der Waals surface area contributed by atoms with Crippen molar-refractivity contribution in [2.45, 2.75) is 26.0 Å². The lowest BCUT2D eigenvalue weighted by atomic mass is 10.1. The number of ether oxygens (including phenoxy) is 1. The van der Waals surface area contributed by atoms with Crippen molar-refractivity contribution in [1.29, 1.82) is 0 Å². The average molecular weight is 278 g/mol. The maximum absolute atomic E-state index is 10.5. The van der Waals surface area contributed by atoms with Gasteiger partial charge in [-0.25, -0.2) is 0 Å². The van der Waals surface area contributed by atoms with E-state index >= 15 is 0 Å². The number of β-amino-alcohol motifs (C(OH)–C–C–N with tert-alkyl or cyclic N) is 1. The second-order valence-electron chi connectivity index (χ2n) is 5.92. The van der Waals surface area contributed by atoms with E-state index in [-0.39, 0.29) is 0 Å². The Morgan fingerprint density at radius 3 is 2.70 bits per heavy atom. The van der Waals surface area contributed by atoms with Gasteiger partial charge in [0.1, 0.15) is 0 Å². The molecule has 2 N–H and O–H groups in total. The summed E-state index contributed by atoms with van der Waals surface area (Å²) >= 11 is 0. The Morgan fingerprint density at radius 1 is 1.30 bits per heavy atom. The van der Waals surface area contributed by atoms with Crippen LogP contribution in [0.15, 0.2) is 24.3 Å². The molecule has 1 aromatic carbocycles. The van der Waals surface area contributed by atoms with Crippen LogP contribution in [0.2, 0.25) is 0 Å². The zero-order valence-electron chi connectivity index (χ0n) is 12.6. The Bertz CT molecular complexity index is 415. The molecule has 1 aliphatic heterocycles. The molecule has 20 heavy (non-hydrogen) atoms. The highest BCUT2D eigenvalue weighted by Gasteiger charge is 2.24. The normalized spacial score (nSPS) is 19.8. The van der Waals surface area contributed by atoms with Crippen LogP contribution in [-0.4, -0.2) is 55.0 Å². The Balaban J connectivity index is 1.75. The largest absolute Gasteiger partial charge is 0.388 e. The quantitative estimate of drug-likeness (QED) is 0.820. The van der Waals surface area contributed by atoms with Gasteiger partial charge in [0.05, 0.1) is 18.8 Å². The fraction of sp³-hybridized carbons (Fsp3) is 0.625. The van der Waals surface area contributed by atoms with E-state index in [0.29, 0.717) is 13.1 Å². The second kappa shape index (κ2) is 7.18. The molecule has 0 saturated carbocycles. The molecule has 1 fully saturated rings. The van der Waals surface area contributed by atoms with E-state index < -0.39 is 5.60 Å². The maximum Gasteiger partial charge on any atom is 0.0869 e. The minimum absolute atomic E-state index is 0.596. The van der Waals surface area contributed by atoms with Gasteiger partial charge in [0.2, 0.25) is 0 Å². The topological polar surface area (TPSA) is 44.7 Å². The van der Waals surface area contributed by atoms with Gasteiger partial charge in [-0.2, -0.15) is 0 Å². The lowest BCUT2D eigenvalue weighted by Gasteiger charge is -2.34. The molecule has 0 amide bonds. The molecule has 1 aliphatic rings. The first-order valence-electron chi connectivity index (χ1n) is 7.34. The molecule has 0 aromatic heterocycles. The van der Waals surface area contributed by atoms with Gasteiger partial charge >= 0.3 is 0 Å². The van der Waals surface area contributed by atoms with Crippen LogP contribution >= 0.6 is 0 Å². The van der Waals surface area contributed by atoms with Crippen LogP contribution in [0.3, 0.4) is 0 Å². The first-order chi connectivity index (χ1) is 9.57. The third kappa shape index (κ3) is 4.87. The van der Waals surface area contributed by atoms with Crippen molar-refractivity contribution in [1.82, 2.24) is 10.2 Å². The van der Waals surface area contributed by atoms with Crippen LogP contribution in [0.5, 0.6) is 0 Å². The van der Waals surface area contributed by atoms with Crippen LogP contribution in [0.25, 0.3) is 0 Å². The number of benzene rings is 1. The molecule has 0 radical (unpaired) electrons. The monoisotopic (exact) mass is 278 g/mol. The van der Waals surface area contributed by atoms with Gasteiger partial charge in [0.25, 0.3) is 0 Å². The molecule has 4 nitrogen and oxygen atoms in total. The van der Waals surface area contributed by atoms with Crippen LogP contribution < -0.4 is 5.32 Å². The highest BCUT2D eigenvalue weighted by atomic mass is 16.5. The molecule has 112 valence electrons. The molecule has 0 aliphatic carbocycles. The van der Waals surface area contributed by atoms with E-state index in [1.807, 2.05) is 13.0 Å². The van der Waals surface area contributed by atoms with Crippen molar-refractivity contribution in [3.63, 3.8) is 0 Å². The summed E-state index contributed by atoms with van der Waals surface area (Å²) in [6.45, 7) is 9.46. The van der Waals surface area contributed by atoms with Crippen molar-refractivity contribution in [2.24, 2.45) is 0 Å². The Morgan fingerprint density at radius 2 is 2.00 bits per heavy atom. The molecule has 1 atom stereocenters. The number of aryl methyl sites for hydroxylation is 1. The summed E-state index contributed by atoms with van der Waals surface area (Å²) in [5.74, 6) is 0. The van der Waals surface area contributed by atoms with Crippen LogP contribution in [-0.2, 0) is 11.3 Å². The van der Waals surface area contributed by atoms with Crippen LogP contribution in [0.1, 0.15) is 18.1 Å². The smallest absolute Gasteiger partial charge is 0.0869 e. The van der Waals surface area contributed by atoms with Gasteiger partial charge in [0.15, 0.2) is 0 Å². The van der Waals surface area contributed by atoms with Gasteiger partial charge < -0.3 is 15.2 Å². The minimum Gasteiger partial charge on any atom is -0.388 e.